The number of hydrogen-bond acceptors (Lipinski definition) is 5. The standard InChI is InChI=1S/C24H24ClFN6O3/c1-2-9-30-22(34)19-14-16(25)3-8-20(19)32-23(30)27-31(24(32)35)15-21(33)29-12-10-28(11-13-29)18-6-4-17(26)5-7-18/h3-8,14H,2,9-13,15H2,1H3. The van der Waals surface area contributed by atoms with Gasteiger partial charge in [-0.05, 0) is 48.9 Å². The van der Waals surface area contributed by atoms with Crippen LogP contribution in [-0.2, 0) is 17.9 Å². The van der Waals surface area contributed by atoms with E-state index < -0.39 is 5.69 Å². The summed E-state index contributed by atoms with van der Waals surface area (Å²) in [6.45, 7) is 4.21. The number of carbonyl (C=O) groups excluding carboxylic acids is 1. The van der Waals surface area contributed by atoms with E-state index >= 15 is 0 Å². The Morgan fingerprint density at radius 3 is 2.46 bits per heavy atom. The fourth-order valence-electron chi connectivity index (χ4n) is 4.51. The molecular weight excluding hydrogens is 475 g/mol. The zero-order chi connectivity index (χ0) is 24.7. The Kier molecular flexibility index (Phi) is 6.06. The van der Waals surface area contributed by atoms with Crippen LogP contribution in [0.4, 0.5) is 10.1 Å². The van der Waals surface area contributed by atoms with Gasteiger partial charge in [0.05, 0.1) is 10.9 Å². The third kappa shape index (κ3) is 4.18. The van der Waals surface area contributed by atoms with Gasteiger partial charge >= 0.3 is 5.69 Å². The first kappa shape index (κ1) is 23.1. The number of aryl methyl sites for hydroxylation is 1. The van der Waals surface area contributed by atoms with E-state index in [1.807, 2.05) is 6.92 Å². The largest absolute Gasteiger partial charge is 0.368 e. The average molecular weight is 499 g/mol. The number of anilines is 1. The number of benzene rings is 2. The van der Waals surface area contributed by atoms with Crippen molar-refractivity contribution in [3.8, 4) is 0 Å². The Hall–Kier alpha value is -3.66. The zero-order valence-corrected chi connectivity index (χ0v) is 19.9. The number of halogens is 2. The number of aromatic nitrogens is 4. The molecule has 11 heteroatoms. The topological polar surface area (TPSA) is 84.8 Å². The normalized spacial score (nSPS) is 14.3. The van der Waals surface area contributed by atoms with Crippen LogP contribution >= 0.6 is 11.6 Å². The van der Waals surface area contributed by atoms with Gasteiger partial charge < -0.3 is 9.80 Å². The highest BCUT2D eigenvalue weighted by molar-refractivity contribution is 6.31. The van der Waals surface area contributed by atoms with Gasteiger partial charge in [0, 0.05) is 43.4 Å². The van der Waals surface area contributed by atoms with Gasteiger partial charge in [0.2, 0.25) is 11.7 Å². The molecule has 0 N–H and O–H groups in total. The monoisotopic (exact) mass is 498 g/mol. The molecule has 0 unspecified atom stereocenters. The summed E-state index contributed by atoms with van der Waals surface area (Å²) in [6.07, 6.45) is 0.667. The molecule has 0 spiro atoms. The molecule has 1 saturated heterocycles. The van der Waals surface area contributed by atoms with Gasteiger partial charge in [0.15, 0.2) is 0 Å². The van der Waals surface area contributed by atoms with Crippen molar-refractivity contribution < 1.29 is 9.18 Å². The minimum Gasteiger partial charge on any atom is -0.368 e. The van der Waals surface area contributed by atoms with Crippen molar-refractivity contribution in [2.45, 2.75) is 26.4 Å². The van der Waals surface area contributed by atoms with Crippen LogP contribution in [0.3, 0.4) is 0 Å². The molecule has 0 saturated carbocycles. The van der Waals surface area contributed by atoms with Crippen LogP contribution in [0.5, 0.6) is 0 Å². The number of fused-ring (bicyclic) bond motifs is 3. The summed E-state index contributed by atoms with van der Waals surface area (Å²) in [4.78, 5) is 43.2. The average Bonchev–Trinajstić information content (AvgIpc) is 3.18. The van der Waals surface area contributed by atoms with Crippen LogP contribution in [-0.4, -0.2) is 55.7 Å². The molecule has 9 nitrogen and oxygen atoms in total. The highest BCUT2D eigenvalue weighted by Gasteiger charge is 2.24. The van der Waals surface area contributed by atoms with Gasteiger partial charge in [0.1, 0.15) is 12.4 Å². The van der Waals surface area contributed by atoms with Gasteiger partial charge in [0.25, 0.3) is 5.56 Å². The lowest BCUT2D eigenvalue weighted by molar-refractivity contribution is -0.132. The first-order valence-electron chi connectivity index (χ1n) is 11.5. The summed E-state index contributed by atoms with van der Waals surface area (Å²) in [7, 11) is 0. The summed E-state index contributed by atoms with van der Waals surface area (Å²) in [5.41, 5.74) is 0.530. The third-order valence-corrected chi connectivity index (χ3v) is 6.53. The molecule has 182 valence electrons. The second-order valence-corrected chi connectivity index (χ2v) is 8.97. The van der Waals surface area contributed by atoms with Crippen LogP contribution in [0.25, 0.3) is 16.7 Å². The van der Waals surface area contributed by atoms with Crippen LogP contribution in [0, 0.1) is 5.82 Å². The van der Waals surface area contributed by atoms with Gasteiger partial charge in [-0.3, -0.25) is 14.2 Å². The van der Waals surface area contributed by atoms with Crippen molar-refractivity contribution >= 4 is 39.9 Å². The van der Waals surface area contributed by atoms with Crippen LogP contribution in [0.2, 0.25) is 5.02 Å². The Balaban J connectivity index is 1.42. The van der Waals surface area contributed by atoms with Gasteiger partial charge in [-0.25, -0.2) is 18.3 Å². The molecule has 2 aromatic carbocycles. The predicted octanol–water partition coefficient (Wildman–Crippen LogP) is 2.36. The highest BCUT2D eigenvalue weighted by atomic mass is 35.5. The van der Waals surface area contributed by atoms with E-state index in [4.69, 9.17) is 11.6 Å². The summed E-state index contributed by atoms with van der Waals surface area (Å²) in [5, 5.41) is 5.09. The molecule has 35 heavy (non-hydrogen) atoms. The smallest absolute Gasteiger partial charge is 0.352 e. The molecule has 1 aliphatic rings. The quantitative estimate of drug-likeness (QED) is 0.422. The fourth-order valence-corrected chi connectivity index (χ4v) is 4.69. The second kappa shape index (κ2) is 9.18. The molecule has 1 aliphatic heterocycles. The molecule has 5 rings (SSSR count). The first-order chi connectivity index (χ1) is 16.9. The van der Waals surface area contributed by atoms with Crippen LogP contribution in [0.1, 0.15) is 13.3 Å². The minimum absolute atomic E-state index is 0.200. The first-order valence-corrected chi connectivity index (χ1v) is 11.8. The Morgan fingerprint density at radius 2 is 1.77 bits per heavy atom. The summed E-state index contributed by atoms with van der Waals surface area (Å²) >= 11 is 6.10. The fraction of sp³-hybridized carbons (Fsp3) is 0.333. The van der Waals surface area contributed by atoms with E-state index in [0.717, 1.165) is 10.4 Å². The number of rotatable bonds is 5. The van der Waals surface area contributed by atoms with Crippen molar-refractivity contribution in [1.29, 1.82) is 0 Å². The van der Waals surface area contributed by atoms with E-state index in [0.29, 0.717) is 55.1 Å². The van der Waals surface area contributed by atoms with Crippen molar-refractivity contribution in [2.24, 2.45) is 0 Å². The van der Waals surface area contributed by atoms with Gasteiger partial charge in [-0.2, -0.15) is 0 Å². The number of nitrogens with zero attached hydrogens (tertiary/aromatic N) is 6. The molecule has 1 amide bonds. The van der Waals surface area contributed by atoms with E-state index in [-0.39, 0.29) is 29.6 Å². The van der Waals surface area contributed by atoms with E-state index in [9.17, 15) is 18.8 Å². The molecule has 3 heterocycles. The highest BCUT2D eigenvalue weighted by Crippen LogP contribution is 2.18. The SMILES string of the molecule is CCCn1c(=O)c2cc(Cl)ccc2n2c(=O)n(CC(=O)N3CCN(c4ccc(F)cc4)CC3)nc12. The minimum atomic E-state index is -0.490. The van der Waals surface area contributed by atoms with Crippen molar-refractivity contribution in [2.75, 3.05) is 31.1 Å². The van der Waals surface area contributed by atoms with E-state index in [1.165, 1.54) is 21.1 Å². The Morgan fingerprint density at radius 1 is 1.06 bits per heavy atom. The van der Waals surface area contributed by atoms with Crippen molar-refractivity contribution in [1.82, 2.24) is 23.6 Å². The number of piperazine rings is 1. The molecular formula is C24H24ClFN6O3. The van der Waals surface area contributed by atoms with Crippen LogP contribution < -0.4 is 16.1 Å². The maximum Gasteiger partial charge on any atom is 0.352 e. The maximum atomic E-state index is 13.3. The molecule has 4 aromatic rings. The summed E-state index contributed by atoms with van der Waals surface area (Å²) in [6, 6.07) is 11.0. The summed E-state index contributed by atoms with van der Waals surface area (Å²) < 4.78 is 17.1. The number of amides is 1. The molecule has 0 aliphatic carbocycles. The lowest BCUT2D eigenvalue weighted by Gasteiger charge is -2.36. The number of hydrogen-bond donors (Lipinski definition) is 0. The molecule has 0 radical (unpaired) electrons. The second-order valence-electron chi connectivity index (χ2n) is 8.54. The zero-order valence-electron chi connectivity index (χ0n) is 19.2. The molecule has 1 fully saturated rings. The lowest BCUT2D eigenvalue weighted by Crippen LogP contribution is -2.50. The predicted molar refractivity (Wildman–Crippen MR) is 132 cm³/mol. The third-order valence-electron chi connectivity index (χ3n) is 6.30. The molecule has 2 aromatic heterocycles. The maximum absolute atomic E-state index is 13.3. The Labute approximate surface area is 204 Å². The van der Waals surface area contributed by atoms with E-state index in [2.05, 4.69) is 10.00 Å². The van der Waals surface area contributed by atoms with Gasteiger partial charge in [-0.1, -0.05) is 18.5 Å². The van der Waals surface area contributed by atoms with Crippen molar-refractivity contribution in [3.63, 3.8) is 0 Å². The lowest BCUT2D eigenvalue weighted by atomic mass is 10.2. The summed E-state index contributed by atoms with van der Waals surface area (Å²) in [5.74, 6) is -0.322. The van der Waals surface area contributed by atoms with Gasteiger partial charge in [-0.15, -0.1) is 5.10 Å². The van der Waals surface area contributed by atoms with Crippen LogP contribution in [0.15, 0.2) is 52.1 Å². The van der Waals surface area contributed by atoms with Crippen molar-refractivity contribution in [3.05, 3.63) is 74.1 Å². The van der Waals surface area contributed by atoms with E-state index in [1.54, 1.807) is 35.2 Å². The Bertz CT molecular complexity index is 1530. The molecule has 0 atom stereocenters. The molecule has 0 bridgehead atoms. The number of carbonyl (C=O) groups is 1.